The Hall–Kier alpha value is -1.69. The molecule has 1 aliphatic rings. The minimum atomic E-state index is -0.297. The molecule has 1 aromatic rings. The third-order valence-corrected chi connectivity index (χ3v) is 3.01. The first-order valence-electron chi connectivity index (χ1n) is 6.27. The first-order valence-corrected chi connectivity index (χ1v) is 6.27. The van der Waals surface area contributed by atoms with Gasteiger partial charge in [-0.25, -0.2) is 4.98 Å². The van der Waals surface area contributed by atoms with Gasteiger partial charge in [0.1, 0.15) is 5.82 Å². The van der Waals surface area contributed by atoms with Crippen molar-refractivity contribution in [2.24, 2.45) is 0 Å². The Morgan fingerprint density at radius 3 is 3.11 bits per heavy atom. The second kappa shape index (κ2) is 5.77. The van der Waals surface area contributed by atoms with Crippen molar-refractivity contribution in [1.82, 2.24) is 20.2 Å². The number of imidazole rings is 1. The molecule has 0 radical (unpaired) electrons. The first-order chi connectivity index (χ1) is 8.70. The van der Waals surface area contributed by atoms with E-state index in [0.717, 1.165) is 18.8 Å². The third kappa shape index (κ3) is 2.95. The van der Waals surface area contributed by atoms with Crippen LogP contribution in [0.25, 0.3) is 0 Å². The molecule has 2 N–H and O–H groups in total. The summed E-state index contributed by atoms with van der Waals surface area (Å²) in [7, 11) is 0. The van der Waals surface area contributed by atoms with E-state index in [0.29, 0.717) is 19.4 Å². The van der Waals surface area contributed by atoms with Crippen molar-refractivity contribution in [3.05, 3.63) is 18.2 Å². The van der Waals surface area contributed by atoms with Crippen LogP contribution < -0.4 is 10.6 Å². The number of aromatic nitrogens is 2. The maximum atomic E-state index is 11.6. The maximum absolute atomic E-state index is 11.6. The Morgan fingerprint density at radius 1 is 1.56 bits per heavy atom. The van der Waals surface area contributed by atoms with Gasteiger partial charge in [0.05, 0.1) is 12.6 Å². The van der Waals surface area contributed by atoms with E-state index in [4.69, 9.17) is 0 Å². The highest BCUT2D eigenvalue weighted by Gasteiger charge is 2.26. The first kappa shape index (κ1) is 12.8. The minimum absolute atomic E-state index is 0.189. The highest BCUT2D eigenvalue weighted by atomic mass is 16.2. The van der Waals surface area contributed by atoms with Gasteiger partial charge in [-0.15, -0.1) is 0 Å². The summed E-state index contributed by atoms with van der Waals surface area (Å²) in [4.78, 5) is 26.8. The molecule has 0 aromatic carbocycles. The van der Waals surface area contributed by atoms with Crippen LogP contribution in [-0.2, 0) is 22.7 Å². The number of hydrogen-bond donors (Lipinski definition) is 2. The number of nitrogens with one attached hydrogen (secondary N) is 2. The van der Waals surface area contributed by atoms with Crippen molar-refractivity contribution in [3.8, 4) is 0 Å². The summed E-state index contributed by atoms with van der Waals surface area (Å²) in [5.74, 6) is 0.493. The fourth-order valence-corrected chi connectivity index (χ4v) is 2.05. The Bertz CT molecular complexity index is 441. The van der Waals surface area contributed by atoms with Crippen molar-refractivity contribution in [3.63, 3.8) is 0 Å². The molecule has 1 aliphatic heterocycles. The van der Waals surface area contributed by atoms with Crippen molar-refractivity contribution in [1.29, 1.82) is 0 Å². The summed E-state index contributed by atoms with van der Waals surface area (Å²) < 4.78 is 2.07. The molecule has 6 heteroatoms. The second-order valence-corrected chi connectivity index (χ2v) is 4.42. The molecule has 2 rings (SSSR count). The van der Waals surface area contributed by atoms with Crippen LogP contribution in [0.2, 0.25) is 0 Å². The molecule has 98 valence electrons. The van der Waals surface area contributed by atoms with Gasteiger partial charge in [-0.3, -0.25) is 20.2 Å². The Kier molecular flexibility index (Phi) is 4.09. The number of rotatable bonds is 5. The number of piperidine rings is 1. The smallest absolute Gasteiger partial charge is 0.243 e. The van der Waals surface area contributed by atoms with E-state index in [1.54, 1.807) is 6.20 Å². The number of imide groups is 1. The molecule has 1 atom stereocenters. The van der Waals surface area contributed by atoms with Crippen LogP contribution in [0.5, 0.6) is 0 Å². The average molecular weight is 250 g/mol. The Balaban J connectivity index is 1.89. The Morgan fingerprint density at radius 2 is 2.39 bits per heavy atom. The number of nitrogens with zero attached hydrogens (tertiary/aromatic N) is 2. The molecule has 1 unspecified atom stereocenters. The largest absolute Gasteiger partial charge is 0.334 e. The van der Waals surface area contributed by atoms with Gasteiger partial charge < -0.3 is 4.57 Å². The fraction of sp³-hybridized carbons (Fsp3) is 0.583. The molecule has 2 amide bonds. The van der Waals surface area contributed by atoms with Gasteiger partial charge in [0.25, 0.3) is 0 Å². The molecule has 1 fully saturated rings. The van der Waals surface area contributed by atoms with Crippen LogP contribution in [-0.4, -0.2) is 27.4 Å². The number of hydrogen-bond acceptors (Lipinski definition) is 4. The van der Waals surface area contributed by atoms with Crippen LogP contribution in [0.1, 0.15) is 32.0 Å². The molecule has 18 heavy (non-hydrogen) atoms. The van der Waals surface area contributed by atoms with Crippen molar-refractivity contribution in [2.45, 2.75) is 45.3 Å². The molecule has 0 aliphatic carbocycles. The number of amides is 2. The number of carbonyl (C=O) groups excluding carboxylic acids is 2. The van der Waals surface area contributed by atoms with Gasteiger partial charge in [0.2, 0.25) is 11.8 Å². The summed E-state index contributed by atoms with van der Waals surface area (Å²) in [5, 5.41) is 5.48. The SMILES string of the molecule is CCCn1ccnc1CNC1CCC(=O)NC1=O. The highest BCUT2D eigenvalue weighted by Crippen LogP contribution is 2.06. The van der Waals surface area contributed by atoms with E-state index in [2.05, 4.69) is 27.1 Å². The van der Waals surface area contributed by atoms with Gasteiger partial charge in [-0.2, -0.15) is 0 Å². The summed E-state index contributed by atoms with van der Waals surface area (Å²) in [6.07, 6.45) is 5.69. The van der Waals surface area contributed by atoms with Crippen molar-refractivity contribution >= 4 is 11.8 Å². The lowest BCUT2D eigenvalue weighted by Gasteiger charge is -2.21. The van der Waals surface area contributed by atoms with Crippen molar-refractivity contribution < 1.29 is 9.59 Å². The van der Waals surface area contributed by atoms with Crippen molar-refractivity contribution in [2.75, 3.05) is 0 Å². The van der Waals surface area contributed by atoms with E-state index in [9.17, 15) is 9.59 Å². The standard InChI is InChI=1S/C12H18N4O2/c1-2-6-16-7-5-13-10(16)8-14-9-3-4-11(17)15-12(9)18/h5,7,9,14H,2-4,6,8H2,1H3,(H,15,17,18). The summed E-state index contributed by atoms with van der Waals surface area (Å²) in [6.45, 7) is 3.57. The van der Waals surface area contributed by atoms with Crippen LogP contribution in [0, 0.1) is 0 Å². The normalized spacial score (nSPS) is 19.9. The van der Waals surface area contributed by atoms with Gasteiger partial charge in [-0.1, -0.05) is 6.92 Å². The van der Waals surface area contributed by atoms with E-state index < -0.39 is 0 Å². The zero-order valence-corrected chi connectivity index (χ0v) is 10.5. The van der Waals surface area contributed by atoms with Gasteiger partial charge >= 0.3 is 0 Å². The van der Waals surface area contributed by atoms with E-state index in [1.807, 2.05) is 6.20 Å². The monoisotopic (exact) mass is 250 g/mol. The predicted molar refractivity (Wildman–Crippen MR) is 65.5 cm³/mol. The molecule has 0 saturated carbocycles. The van der Waals surface area contributed by atoms with Gasteiger partial charge in [0, 0.05) is 25.4 Å². The summed E-state index contributed by atoms with van der Waals surface area (Å²) >= 11 is 0. The van der Waals surface area contributed by atoms with E-state index >= 15 is 0 Å². The Labute approximate surface area is 106 Å². The maximum Gasteiger partial charge on any atom is 0.243 e. The minimum Gasteiger partial charge on any atom is -0.334 e. The zero-order chi connectivity index (χ0) is 13.0. The van der Waals surface area contributed by atoms with Gasteiger partial charge in [0.15, 0.2) is 0 Å². The van der Waals surface area contributed by atoms with Crippen LogP contribution >= 0.6 is 0 Å². The molecule has 1 saturated heterocycles. The van der Waals surface area contributed by atoms with Crippen LogP contribution in [0.15, 0.2) is 12.4 Å². The quantitative estimate of drug-likeness (QED) is 0.731. The third-order valence-electron chi connectivity index (χ3n) is 3.01. The molecule has 2 heterocycles. The molecule has 0 spiro atoms. The van der Waals surface area contributed by atoms with Crippen LogP contribution in [0.3, 0.4) is 0 Å². The topological polar surface area (TPSA) is 76.0 Å². The van der Waals surface area contributed by atoms with Gasteiger partial charge in [-0.05, 0) is 12.8 Å². The average Bonchev–Trinajstić information content (AvgIpc) is 2.76. The summed E-state index contributed by atoms with van der Waals surface area (Å²) in [5.41, 5.74) is 0. The highest BCUT2D eigenvalue weighted by molar-refractivity contribution is 6.00. The second-order valence-electron chi connectivity index (χ2n) is 4.42. The molecular formula is C12H18N4O2. The zero-order valence-electron chi connectivity index (χ0n) is 10.5. The lowest BCUT2D eigenvalue weighted by molar-refractivity contribution is -0.134. The molecule has 6 nitrogen and oxygen atoms in total. The van der Waals surface area contributed by atoms with E-state index in [1.165, 1.54) is 0 Å². The molecular weight excluding hydrogens is 232 g/mol. The molecule has 1 aromatic heterocycles. The predicted octanol–water partition coefficient (Wildman–Crippen LogP) is 0.188. The lowest BCUT2D eigenvalue weighted by Crippen LogP contribution is -2.50. The number of aryl methyl sites for hydroxylation is 1. The molecule has 0 bridgehead atoms. The summed E-state index contributed by atoms with van der Waals surface area (Å²) in [6, 6.07) is -0.297. The van der Waals surface area contributed by atoms with E-state index in [-0.39, 0.29) is 17.9 Å². The fourth-order valence-electron chi connectivity index (χ4n) is 2.05. The lowest BCUT2D eigenvalue weighted by atomic mass is 10.1. The number of carbonyl (C=O) groups is 2. The van der Waals surface area contributed by atoms with Crippen LogP contribution in [0.4, 0.5) is 0 Å².